The fraction of sp³-hybridized carbons (Fsp3) is 0.500. The molecule has 0 aliphatic heterocycles. The van der Waals surface area contributed by atoms with Crippen LogP contribution in [-0.2, 0) is 9.59 Å². The van der Waals surface area contributed by atoms with Crippen molar-refractivity contribution in [2.24, 2.45) is 11.5 Å². The number of nitrogens with two attached hydrogens (primary N) is 2. The van der Waals surface area contributed by atoms with Gasteiger partial charge in [0, 0.05) is 43.0 Å². The largest absolute Gasteiger partial charge is 0.478 e. The number of hydrogen-bond acceptors (Lipinski definition) is 6. The van der Waals surface area contributed by atoms with E-state index in [0.29, 0.717) is 0 Å². The number of aliphatic hydroxyl groups excluding tert-OH is 1. The van der Waals surface area contributed by atoms with Crippen LogP contribution in [0.4, 0.5) is 0 Å². The van der Waals surface area contributed by atoms with Gasteiger partial charge in [-0.3, -0.25) is 0 Å². The van der Waals surface area contributed by atoms with Crippen LogP contribution in [0, 0.1) is 0 Å². The molecular formula is C12H20N2O6. The van der Waals surface area contributed by atoms with Crippen LogP contribution in [0.25, 0.3) is 0 Å². The molecule has 0 unspecified atom stereocenters. The summed E-state index contributed by atoms with van der Waals surface area (Å²) in [5.41, 5.74) is 9.34. The second-order valence-corrected chi connectivity index (χ2v) is 4.52. The van der Waals surface area contributed by atoms with E-state index in [0.717, 1.165) is 12.2 Å². The fourth-order valence-corrected chi connectivity index (χ4v) is 1.83. The van der Waals surface area contributed by atoms with E-state index in [1.807, 2.05) is 0 Å². The lowest BCUT2D eigenvalue weighted by atomic mass is 9.87. The summed E-state index contributed by atoms with van der Waals surface area (Å²) in [7, 11) is 0. The van der Waals surface area contributed by atoms with Crippen molar-refractivity contribution in [1.29, 1.82) is 0 Å². The Morgan fingerprint density at radius 1 is 1.00 bits per heavy atom. The number of carboxylic acids is 2. The van der Waals surface area contributed by atoms with Gasteiger partial charge in [0.2, 0.25) is 0 Å². The van der Waals surface area contributed by atoms with Crippen molar-refractivity contribution in [3.8, 4) is 0 Å². The molecule has 20 heavy (non-hydrogen) atoms. The van der Waals surface area contributed by atoms with Crippen molar-refractivity contribution < 1.29 is 30.0 Å². The molecule has 0 fully saturated rings. The lowest BCUT2D eigenvalue weighted by molar-refractivity contribution is -0.132. The van der Waals surface area contributed by atoms with E-state index in [9.17, 15) is 14.7 Å². The summed E-state index contributed by atoms with van der Waals surface area (Å²) in [6.45, 7) is -0.173. The molecule has 0 aliphatic rings. The average molecular weight is 288 g/mol. The zero-order valence-electron chi connectivity index (χ0n) is 11.0. The minimum absolute atomic E-state index is 0.0685. The lowest BCUT2D eigenvalue weighted by Crippen LogP contribution is -2.33. The van der Waals surface area contributed by atoms with E-state index in [1.165, 1.54) is 0 Å². The van der Waals surface area contributed by atoms with Gasteiger partial charge in [-0.2, -0.15) is 0 Å². The van der Waals surface area contributed by atoms with Gasteiger partial charge in [0.15, 0.2) is 0 Å². The molecule has 0 rings (SSSR count). The summed E-state index contributed by atoms with van der Waals surface area (Å²) in [6, 6.07) is 0. The van der Waals surface area contributed by atoms with Crippen LogP contribution in [0.1, 0.15) is 25.7 Å². The third-order valence-electron chi connectivity index (χ3n) is 2.48. The third-order valence-corrected chi connectivity index (χ3v) is 2.48. The molecule has 0 atom stereocenters. The Morgan fingerprint density at radius 2 is 1.40 bits per heavy atom. The van der Waals surface area contributed by atoms with E-state index in [4.69, 9.17) is 26.8 Å². The van der Waals surface area contributed by atoms with Gasteiger partial charge in [0.25, 0.3) is 0 Å². The van der Waals surface area contributed by atoms with Crippen molar-refractivity contribution >= 4 is 11.9 Å². The van der Waals surface area contributed by atoms with E-state index in [2.05, 4.69) is 0 Å². The number of carbonyl (C=O) groups is 2. The molecule has 0 spiro atoms. The van der Waals surface area contributed by atoms with Crippen LogP contribution in [0.5, 0.6) is 0 Å². The maximum atomic E-state index is 10.5. The standard InChI is InChI=1S/C12H20N2O6/c13-8(4-10(16)17)6-12(20,2-1-3-15)7-9(14)5-11(18)19/h4-5,15,20H,1-3,6-7,13-14H2,(H,16,17)(H,18,19)/b8-4-,9-5-. The average Bonchev–Trinajstić information content (AvgIpc) is 2.23. The Bertz CT molecular complexity index is 384. The Hall–Kier alpha value is -2.06. The smallest absolute Gasteiger partial charge is 0.330 e. The number of aliphatic hydroxyl groups is 2. The highest BCUT2D eigenvalue weighted by Gasteiger charge is 2.28. The molecule has 0 amide bonds. The van der Waals surface area contributed by atoms with Crippen molar-refractivity contribution in [1.82, 2.24) is 0 Å². The summed E-state index contributed by atoms with van der Waals surface area (Å²) in [5.74, 6) is -2.50. The minimum Gasteiger partial charge on any atom is -0.478 e. The summed E-state index contributed by atoms with van der Waals surface area (Å²) in [5, 5.41) is 36.3. The Kier molecular flexibility index (Phi) is 7.34. The molecule has 114 valence electrons. The third kappa shape index (κ3) is 8.11. The normalized spacial score (nSPS) is 15.7. The number of aliphatic carboxylic acids is 2. The molecule has 0 aromatic rings. The summed E-state index contributed by atoms with van der Waals surface area (Å²) in [4.78, 5) is 21.0. The zero-order valence-corrected chi connectivity index (χ0v) is 11.0. The van der Waals surface area contributed by atoms with Crippen molar-refractivity contribution in [3.05, 3.63) is 23.5 Å². The van der Waals surface area contributed by atoms with E-state index >= 15 is 0 Å². The monoisotopic (exact) mass is 288 g/mol. The maximum Gasteiger partial charge on any atom is 0.330 e. The van der Waals surface area contributed by atoms with Gasteiger partial charge < -0.3 is 31.9 Å². The zero-order chi connectivity index (χ0) is 15.8. The van der Waals surface area contributed by atoms with Crippen molar-refractivity contribution in [2.45, 2.75) is 31.3 Å². The second-order valence-electron chi connectivity index (χ2n) is 4.52. The topological polar surface area (TPSA) is 167 Å². The van der Waals surface area contributed by atoms with Crippen LogP contribution in [0.2, 0.25) is 0 Å². The van der Waals surface area contributed by atoms with Crippen LogP contribution < -0.4 is 11.5 Å². The number of hydrogen-bond donors (Lipinski definition) is 6. The van der Waals surface area contributed by atoms with Gasteiger partial charge in [-0.05, 0) is 12.8 Å². The van der Waals surface area contributed by atoms with Gasteiger partial charge in [-0.25, -0.2) is 9.59 Å². The van der Waals surface area contributed by atoms with E-state index < -0.39 is 17.5 Å². The molecule has 8 N–H and O–H groups in total. The van der Waals surface area contributed by atoms with Gasteiger partial charge >= 0.3 is 11.9 Å². The fourth-order valence-electron chi connectivity index (χ4n) is 1.83. The second kappa shape index (κ2) is 8.18. The molecule has 0 bridgehead atoms. The van der Waals surface area contributed by atoms with Crippen molar-refractivity contribution in [2.75, 3.05) is 6.61 Å². The number of rotatable bonds is 9. The van der Waals surface area contributed by atoms with Gasteiger partial charge in [-0.15, -0.1) is 0 Å². The first-order chi connectivity index (χ1) is 9.18. The number of carboxylic acid groups (broad SMARTS) is 2. The molecule has 0 heterocycles. The predicted molar refractivity (Wildman–Crippen MR) is 70.3 cm³/mol. The molecule has 0 aromatic carbocycles. The first kappa shape index (κ1) is 17.9. The molecular weight excluding hydrogens is 268 g/mol. The molecule has 0 aliphatic carbocycles. The Balaban J connectivity index is 4.99. The quantitative estimate of drug-likeness (QED) is 0.297. The molecule has 0 aromatic heterocycles. The molecule has 0 saturated heterocycles. The van der Waals surface area contributed by atoms with Crippen LogP contribution in [0.15, 0.2) is 23.5 Å². The molecule has 8 heteroatoms. The highest BCUT2D eigenvalue weighted by atomic mass is 16.4. The minimum atomic E-state index is -1.51. The van der Waals surface area contributed by atoms with Crippen LogP contribution in [0.3, 0.4) is 0 Å². The first-order valence-electron chi connectivity index (χ1n) is 5.90. The maximum absolute atomic E-state index is 10.5. The Morgan fingerprint density at radius 3 is 1.70 bits per heavy atom. The van der Waals surface area contributed by atoms with Crippen LogP contribution in [-0.4, -0.2) is 44.6 Å². The highest BCUT2D eigenvalue weighted by Crippen LogP contribution is 2.26. The highest BCUT2D eigenvalue weighted by molar-refractivity contribution is 5.81. The molecule has 0 saturated carbocycles. The van der Waals surface area contributed by atoms with Crippen LogP contribution >= 0.6 is 0 Å². The van der Waals surface area contributed by atoms with Gasteiger partial charge in [0.05, 0.1) is 5.60 Å². The van der Waals surface area contributed by atoms with Crippen molar-refractivity contribution in [3.63, 3.8) is 0 Å². The molecule has 8 nitrogen and oxygen atoms in total. The Labute approximate surface area is 116 Å². The predicted octanol–water partition coefficient (Wildman–Crippen LogP) is -0.875. The first-order valence-corrected chi connectivity index (χ1v) is 5.90. The van der Waals surface area contributed by atoms with Gasteiger partial charge in [0.1, 0.15) is 0 Å². The van der Waals surface area contributed by atoms with Gasteiger partial charge in [-0.1, -0.05) is 0 Å². The summed E-state index contributed by atoms with van der Waals surface area (Å²) >= 11 is 0. The SMILES string of the molecule is N/C(=C\C(=O)O)CC(O)(CCCO)C/C(N)=C/C(=O)O. The van der Waals surface area contributed by atoms with E-state index in [1.54, 1.807) is 0 Å². The lowest BCUT2D eigenvalue weighted by Gasteiger charge is -2.28. The van der Waals surface area contributed by atoms with E-state index in [-0.39, 0.29) is 43.7 Å². The molecule has 0 radical (unpaired) electrons. The summed E-state index contributed by atoms with van der Waals surface area (Å²) < 4.78 is 0. The summed E-state index contributed by atoms with van der Waals surface area (Å²) in [6.07, 6.45) is 1.48.